The first-order chi connectivity index (χ1) is 9.28. The van der Waals surface area contributed by atoms with Crippen LogP contribution in [0.3, 0.4) is 0 Å². The number of hydrogen-bond donors (Lipinski definition) is 2. The van der Waals surface area contributed by atoms with E-state index in [0.29, 0.717) is 6.54 Å². The molecule has 0 aromatic heterocycles. The lowest BCUT2D eigenvalue weighted by Gasteiger charge is -2.18. The number of halogens is 1. The predicted molar refractivity (Wildman–Crippen MR) is 79.8 cm³/mol. The van der Waals surface area contributed by atoms with Crippen molar-refractivity contribution in [2.45, 2.75) is 43.9 Å². The zero-order valence-electron chi connectivity index (χ0n) is 11.4. The monoisotopic (exact) mass is 296 g/mol. The van der Waals surface area contributed by atoms with Crippen LogP contribution in [-0.4, -0.2) is 24.7 Å². The van der Waals surface area contributed by atoms with Crippen LogP contribution in [0.2, 0.25) is 0 Å². The summed E-state index contributed by atoms with van der Waals surface area (Å²) in [4.78, 5) is 12.2. The molecule has 2 aliphatic rings. The molecule has 1 aromatic carbocycles. The first-order valence-corrected chi connectivity index (χ1v) is 7.01. The fourth-order valence-corrected chi connectivity index (χ4v) is 3.04. The van der Waals surface area contributed by atoms with Crippen molar-refractivity contribution < 1.29 is 9.53 Å². The number of benzene rings is 1. The van der Waals surface area contributed by atoms with Crippen molar-refractivity contribution in [1.29, 1.82) is 0 Å². The average molecular weight is 297 g/mol. The highest BCUT2D eigenvalue weighted by atomic mass is 35.5. The summed E-state index contributed by atoms with van der Waals surface area (Å²) >= 11 is 0. The number of ether oxygens (including phenoxy) is 1. The van der Waals surface area contributed by atoms with Gasteiger partial charge in [0.15, 0.2) is 0 Å². The zero-order valence-corrected chi connectivity index (χ0v) is 12.2. The van der Waals surface area contributed by atoms with Gasteiger partial charge in [-0.15, -0.1) is 12.4 Å². The lowest BCUT2D eigenvalue weighted by Crippen LogP contribution is -2.37. The van der Waals surface area contributed by atoms with Gasteiger partial charge < -0.3 is 15.8 Å². The maximum atomic E-state index is 12.2. The van der Waals surface area contributed by atoms with Gasteiger partial charge >= 0.3 is 0 Å². The molecular weight excluding hydrogens is 276 g/mol. The lowest BCUT2D eigenvalue weighted by atomic mass is 10.1. The van der Waals surface area contributed by atoms with Crippen LogP contribution in [-0.2, 0) is 16.0 Å². The van der Waals surface area contributed by atoms with Gasteiger partial charge in [0.1, 0.15) is 6.10 Å². The highest BCUT2D eigenvalue weighted by molar-refractivity contribution is 5.85. The van der Waals surface area contributed by atoms with E-state index in [-0.39, 0.29) is 36.6 Å². The van der Waals surface area contributed by atoms with Crippen molar-refractivity contribution in [2.24, 2.45) is 5.73 Å². The summed E-state index contributed by atoms with van der Waals surface area (Å²) in [5, 5.41) is 3.12. The summed E-state index contributed by atoms with van der Waals surface area (Å²) in [6.45, 7) is 0.496. The molecule has 0 saturated carbocycles. The van der Waals surface area contributed by atoms with E-state index in [2.05, 4.69) is 23.5 Å². The van der Waals surface area contributed by atoms with Crippen LogP contribution in [0.15, 0.2) is 24.3 Å². The van der Waals surface area contributed by atoms with Crippen molar-refractivity contribution in [2.75, 3.05) is 6.54 Å². The standard InChI is InChI=1S/C15H20N2O2.ClH/c16-9-11-6-8-14(19-11)15(18)17-13-7-5-10-3-1-2-4-12(10)13;/h1-4,11,13-14H,5-9,16H2,(H,17,18);1H/t11-,13?,14+;/m1./s1. The second kappa shape index (κ2) is 6.57. The van der Waals surface area contributed by atoms with E-state index in [1.165, 1.54) is 11.1 Å². The molecule has 3 N–H and O–H groups in total. The molecule has 1 unspecified atom stereocenters. The molecule has 20 heavy (non-hydrogen) atoms. The third-order valence-electron chi connectivity index (χ3n) is 4.11. The van der Waals surface area contributed by atoms with Crippen LogP contribution >= 0.6 is 12.4 Å². The number of hydrogen-bond acceptors (Lipinski definition) is 3. The lowest BCUT2D eigenvalue weighted by molar-refractivity contribution is -0.132. The summed E-state index contributed by atoms with van der Waals surface area (Å²) in [5.74, 6) is 0.0117. The Hall–Kier alpha value is -1.10. The molecule has 1 aliphatic carbocycles. The Kier molecular flexibility index (Phi) is 5.02. The maximum Gasteiger partial charge on any atom is 0.249 e. The average Bonchev–Trinajstić information content (AvgIpc) is 3.06. The van der Waals surface area contributed by atoms with Crippen molar-refractivity contribution in [1.82, 2.24) is 5.32 Å². The number of aryl methyl sites for hydroxylation is 1. The van der Waals surface area contributed by atoms with Crippen LogP contribution in [0, 0.1) is 0 Å². The zero-order chi connectivity index (χ0) is 13.2. The van der Waals surface area contributed by atoms with E-state index < -0.39 is 0 Å². The third-order valence-corrected chi connectivity index (χ3v) is 4.11. The number of fused-ring (bicyclic) bond motifs is 1. The SMILES string of the molecule is Cl.NC[C@H]1CC[C@@H](C(=O)NC2CCc3ccccc32)O1. The van der Waals surface area contributed by atoms with Crippen molar-refractivity contribution in [3.05, 3.63) is 35.4 Å². The Morgan fingerprint density at radius 1 is 1.30 bits per heavy atom. The Labute approximate surface area is 125 Å². The molecule has 3 rings (SSSR count). The molecular formula is C15H21ClN2O2. The minimum absolute atomic E-state index is 0. The Morgan fingerprint density at radius 2 is 2.10 bits per heavy atom. The Bertz CT molecular complexity index is 481. The minimum Gasteiger partial charge on any atom is -0.364 e. The van der Waals surface area contributed by atoms with Gasteiger partial charge in [-0.05, 0) is 36.8 Å². The molecule has 0 radical (unpaired) electrons. The van der Waals surface area contributed by atoms with Gasteiger partial charge in [0.25, 0.3) is 0 Å². The number of amides is 1. The van der Waals surface area contributed by atoms with E-state index in [1.54, 1.807) is 0 Å². The number of carbonyl (C=O) groups is 1. The molecule has 4 nitrogen and oxygen atoms in total. The fraction of sp³-hybridized carbons (Fsp3) is 0.533. The first kappa shape index (κ1) is 15.3. The van der Waals surface area contributed by atoms with E-state index >= 15 is 0 Å². The number of nitrogens with one attached hydrogen (secondary N) is 1. The van der Waals surface area contributed by atoms with Gasteiger partial charge in [-0.1, -0.05) is 24.3 Å². The first-order valence-electron chi connectivity index (χ1n) is 7.01. The van der Waals surface area contributed by atoms with Gasteiger partial charge in [0.2, 0.25) is 5.91 Å². The normalized spacial score (nSPS) is 27.8. The van der Waals surface area contributed by atoms with Gasteiger partial charge in [-0.2, -0.15) is 0 Å². The molecule has 1 fully saturated rings. The van der Waals surface area contributed by atoms with E-state index in [0.717, 1.165) is 25.7 Å². The van der Waals surface area contributed by atoms with Crippen LogP contribution in [0.25, 0.3) is 0 Å². The molecule has 0 bridgehead atoms. The van der Waals surface area contributed by atoms with Crippen LogP contribution in [0.4, 0.5) is 0 Å². The molecule has 1 amide bonds. The second-order valence-corrected chi connectivity index (χ2v) is 5.36. The second-order valence-electron chi connectivity index (χ2n) is 5.36. The van der Waals surface area contributed by atoms with E-state index in [4.69, 9.17) is 10.5 Å². The Morgan fingerprint density at radius 3 is 2.85 bits per heavy atom. The summed E-state index contributed by atoms with van der Waals surface area (Å²) in [5.41, 5.74) is 8.17. The third kappa shape index (κ3) is 2.97. The van der Waals surface area contributed by atoms with Gasteiger partial charge in [-0.25, -0.2) is 0 Å². The van der Waals surface area contributed by atoms with Gasteiger partial charge in [-0.3, -0.25) is 4.79 Å². The number of rotatable bonds is 3. The van der Waals surface area contributed by atoms with Crippen LogP contribution in [0.1, 0.15) is 36.4 Å². The quantitative estimate of drug-likeness (QED) is 0.892. The summed E-state index contributed by atoms with van der Waals surface area (Å²) in [6.07, 6.45) is 3.42. The fourth-order valence-electron chi connectivity index (χ4n) is 3.04. The summed E-state index contributed by atoms with van der Waals surface area (Å²) in [7, 11) is 0. The molecule has 0 spiro atoms. The minimum atomic E-state index is -0.318. The van der Waals surface area contributed by atoms with Crippen molar-refractivity contribution >= 4 is 18.3 Å². The topological polar surface area (TPSA) is 64.4 Å². The highest BCUT2D eigenvalue weighted by Gasteiger charge is 2.32. The molecule has 1 saturated heterocycles. The number of carbonyl (C=O) groups excluding carboxylic acids is 1. The Balaban J connectivity index is 0.00000147. The summed E-state index contributed by atoms with van der Waals surface area (Å²) < 4.78 is 5.63. The molecule has 110 valence electrons. The molecule has 1 heterocycles. The van der Waals surface area contributed by atoms with Crippen LogP contribution < -0.4 is 11.1 Å². The molecule has 5 heteroatoms. The van der Waals surface area contributed by atoms with E-state index in [9.17, 15) is 4.79 Å². The smallest absolute Gasteiger partial charge is 0.249 e. The van der Waals surface area contributed by atoms with Gasteiger partial charge in [0, 0.05) is 6.54 Å². The van der Waals surface area contributed by atoms with Crippen LogP contribution in [0.5, 0.6) is 0 Å². The molecule has 1 aromatic rings. The van der Waals surface area contributed by atoms with Gasteiger partial charge in [0.05, 0.1) is 12.1 Å². The number of nitrogens with two attached hydrogens (primary N) is 1. The molecule has 1 aliphatic heterocycles. The molecule has 3 atom stereocenters. The van der Waals surface area contributed by atoms with Crippen molar-refractivity contribution in [3.8, 4) is 0 Å². The predicted octanol–water partition coefficient (Wildman–Crippen LogP) is 1.72. The highest BCUT2D eigenvalue weighted by Crippen LogP contribution is 2.31. The summed E-state index contributed by atoms with van der Waals surface area (Å²) in [6, 6.07) is 8.46. The van der Waals surface area contributed by atoms with E-state index in [1.807, 2.05) is 6.07 Å². The largest absolute Gasteiger partial charge is 0.364 e. The van der Waals surface area contributed by atoms with Crippen molar-refractivity contribution in [3.63, 3.8) is 0 Å². The maximum absolute atomic E-state index is 12.2.